The number of nitrogens with zero attached hydrogens (tertiary/aromatic N) is 1. The molecular formula is C19H21ClF2N2O2. The fraction of sp³-hybridized carbons (Fsp3) is 0.316. The lowest BCUT2D eigenvalue weighted by Gasteiger charge is -2.38. The van der Waals surface area contributed by atoms with Crippen molar-refractivity contribution in [2.24, 2.45) is 0 Å². The second kappa shape index (κ2) is 8.47. The summed E-state index contributed by atoms with van der Waals surface area (Å²) in [6, 6.07) is 13.9. The van der Waals surface area contributed by atoms with Crippen LogP contribution in [0.2, 0.25) is 0 Å². The van der Waals surface area contributed by atoms with Gasteiger partial charge >= 0.3 is 5.92 Å². The van der Waals surface area contributed by atoms with Crippen molar-refractivity contribution in [2.45, 2.75) is 12.0 Å². The van der Waals surface area contributed by atoms with E-state index in [2.05, 4.69) is 5.32 Å². The molecule has 1 atom stereocenters. The zero-order valence-corrected chi connectivity index (χ0v) is 15.1. The van der Waals surface area contributed by atoms with Gasteiger partial charge in [-0.2, -0.15) is 8.78 Å². The van der Waals surface area contributed by atoms with Crippen LogP contribution in [-0.2, 0) is 10.7 Å². The Morgan fingerprint density at radius 1 is 1.15 bits per heavy atom. The lowest BCUT2D eigenvalue weighted by atomic mass is 9.99. The van der Waals surface area contributed by atoms with E-state index in [9.17, 15) is 13.6 Å². The van der Waals surface area contributed by atoms with Gasteiger partial charge in [0.15, 0.2) is 0 Å². The summed E-state index contributed by atoms with van der Waals surface area (Å²) in [5, 5.41) is 3.17. The van der Waals surface area contributed by atoms with E-state index in [0.717, 1.165) is 5.56 Å². The predicted molar refractivity (Wildman–Crippen MR) is 97.9 cm³/mol. The SMILES string of the molecule is COc1ccccc1C1CNCCN1C(=O)C(F)(F)c1ccccc1.Cl. The van der Waals surface area contributed by atoms with Crippen LogP contribution in [0.15, 0.2) is 54.6 Å². The van der Waals surface area contributed by atoms with E-state index in [1.165, 1.54) is 36.3 Å². The number of methoxy groups -OCH3 is 1. The Morgan fingerprint density at radius 2 is 1.81 bits per heavy atom. The Labute approximate surface area is 157 Å². The first kappa shape index (κ1) is 20.1. The molecule has 1 unspecified atom stereocenters. The third-order valence-corrected chi connectivity index (χ3v) is 4.41. The average molecular weight is 383 g/mol. The van der Waals surface area contributed by atoms with Crippen molar-refractivity contribution in [2.75, 3.05) is 26.7 Å². The van der Waals surface area contributed by atoms with Crippen LogP contribution in [0.3, 0.4) is 0 Å². The molecule has 1 aliphatic heterocycles. The molecule has 1 fully saturated rings. The quantitative estimate of drug-likeness (QED) is 0.881. The molecule has 0 saturated carbocycles. The van der Waals surface area contributed by atoms with E-state index in [0.29, 0.717) is 18.8 Å². The Kier molecular flexibility index (Phi) is 6.56. The lowest BCUT2D eigenvalue weighted by molar-refractivity contribution is -0.162. The molecule has 0 radical (unpaired) electrons. The summed E-state index contributed by atoms with van der Waals surface area (Å²) in [6.45, 7) is 1.09. The first-order valence-electron chi connectivity index (χ1n) is 8.13. The van der Waals surface area contributed by atoms with Crippen LogP contribution in [-0.4, -0.2) is 37.6 Å². The minimum atomic E-state index is -3.57. The molecule has 4 nitrogen and oxygen atoms in total. The molecule has 1 amide bonds. The fourth-order valence-corrected chi connectivity index (χ4v) is 3.12. The van der Waals surface area contributed by atoms with Crippen LogP contribution in [0.1, 0.15) is 17.2 Å². The standard InChI is InChI=1S/C19H20F2N2O2.ClH/c1-25-17-10-6-5-9-15(17)16-13-22-11-12-23(16)18(24)19(20,21)14-7-3-2-4-8-14;/h2-10,16,22H,11-13H2,1H3;1H. The topological polar surface area (TPSA) is 41.6 Å². The summed E-state index contributed by atoms with van der Waals surface area (Å²) in [5.41, 5.74) is 0.423. The van der Waals surface area contributed by atoms with Gasteiger partial charge in [0.25, 0.3) is 5.91 Å². The Morgan fingerprint density at radius 3 is 2.50 bits per heavy atom. The second-order valence-corrected chi connectivity index (χ2v) is 5.90. The molecule has 3 rings (SSSR count). The number of hydrogen-bond donors (Lipinski definition) is 1. The first-order chi connectivity index (χ1) is 12.1. The summed E-state index contributed by atoms with van der Waals surface area (Å²) in [7, 11) is 1.53. The minimum absolute atomic E-state index is 0. The largest absolute Gasteiger partial charge is 0.496 e. The van der Waals surface area contributed by atoms with Gasteiger partial charge in [-0.3, -0.25) is 4.79 Å². The molecule has 26 heavy (non-hydrogen) atoms. The normalized spacial score (nSPS) is 17.3. The monoisotopic (exact) mass is 382 g/mol. The Hall–Kier alpha value is -2.18. The highest BCUT2D eigenvalue weighted by molar-refractivity contribution is 5.86. The zero-order valence-electron chi connectivity index (χ0n) is 14.3. The average Bonchev–Trinajstić information content (AvgIpc) is 2.68. The molecule has 0 aliphatic carbocycles. The molecule has 2 aromatic carbocycles. The van der Waals surface area contributed by atoms with E-state index in [4.69, 9.17) is 4.74 Å². The highest BCUT2D eigenvalue weighted by Crippen LogP contribution is 2.36. The number of benzene rings is 2. The lowest BCUT2D eigenvalue weighted by Crippen LogP contribution is -2.52. The van der Waals surface area contributed by atoms with E-state index < -0.39 is 17.9 Å². The van der Waals surface area contributed by atoms with Crippen molar-refractivity contribution in [1.82, 2.24) is 10.2 Å². The second-order valence-electron chi connectivity index (χ2n) is 5.90. The summed E-state index contributed by atoms with van der Waals surface area (Å²) in [6.07, 6.45) is 0. The van der Waals surface area contributed by atoms with Crippen LogP contribution in [0.5, 0.6) is 5.75 Å². The number of nitrogens with one attached hydrogen (secondary N) is 1. The maximum atomic E-state index is 14.8. The number of hydrogen-bond acceptors (Lipinski definition) is 3. The molecule has 7 heteroatoms. The molecule has 1 saturated heterocycles. The van der Waals surface area contributed by atoms with E-state index >= 15 is 0 Å². The maximum absolute atomic E-state index is 14.8. The van der Waals surface area contributed by atoms with Gasteiger partial charge < -0.3 is 15.0 Å². The van der Waals surface area contributed by atoms with Gasteiger partial charge in [0.05, 0.1) is 13.2 Å². The van der Waals surface area contributed by atoms with Crippen LogP contribution in [0.4, 0.5) is 8.78 Å². The minimum Gasteiger partial charge on any atom is -0.496 e. The van der Waals surface area contributed by atoms with E-state index in [1.807, 2.05) is 12.1 Å². The number of alkyl halides is 2. The summed E-state index contributed by atoms with van der Waals surface area (Å²) >= 11 is 0. The maximum Gasteiger partial charge on any atom is 0.349 e. The van der Waals surface area contributed by atoms with Gasteiger partial charge in [-0.05, 0) is 6.07 Å². The van der Waals surface area contributed by atoms with Crippen molar-refractivity contribution >= 4 is 18.3 Å². The van der Waals surface area contributed by atoms with Crippen molar-refractivity contribution < 1.29 is 18.3 Å². The zero-order chi connectivity index (χ0) is 17.9. The molecule has 1 heterocycles. The Balaban J connectivity index is 0.00000243. The number of piperazine rings is 1. The van der Waals surface area contributed by atoms with Gasteiger partial charge in [0, 0.05) is 30.8 Å². The molecule has 2 aromatic rings. The van der Waals surface area contributed by atoms with Crippen LogP contribution >= 0.6 is 12.4 Å². The van der Waals surface area contributed by atoms with Gasteiger partial charge in [0.1, 0.15) is 5.75 Å². The van der Waals surface area contributed by atoms with Gasteiger partial charge in [-0.1, -0.05) is 48.5 Å². The number of rotatable bonds is 4. The van der Waals surface area contributed by atoms with Crippen LogP contribution in [0.25, 0.3) is 0 Å². The highest BCUT2D eigenvalue weighted by atomic mass is 35.5. The van der Waals surface area contributed by atoms with Gasteiger partial charge in [-0.15, -0.1) is 12.4 Å². The molecule has 1 N–H and O–H groups in total. The third kappa shape index (κ3) is 3.81. The summed E-state index contributed by atoms with van der Waals surface area (Å²) in [4.78, 5) is 14.0. The van der Waals surface area contributed by atoms with E-state index in [1.54, 1.807) is 18.2 Å². The molecule has 140 valence electrons. The van der Waals surface area contributed by atoms with Gasteiger partial charge in [0.2, 0.25) is 0 Å². The van der Waals surface area contributed by atoms with Crippen molar-refractivity contribution in [3.63, 3.8) is 0 Å². The summed E-state index contributed by atoms with van der Waals surface area (Å²) < 4.78 is 34.9. The molecular weight excluding hydrogens is 362 g/mol. The molecule has 1 aliphatic rings. The van der Waals surface area contributed by atoms with Gasteiger partial charge in [-0.25, -0.2) is 0 Å². The van der Waals surface area contributed by atoms with Crippen LogP contribution < -0.4 is 10.1 Å². The number of ether oxygens (including phenoxy) is 1. The predicted octanol–water partition coefficient (Wildman–Crippen LogP) is 3.38. The molecule has 0 spiro atoms. The van der Waals surface area contributed by atoms with Crippen molar-refractivity contribution in [1.29, 1.82) is 0 Å². The Bertz CT molecular complexity index is 743. The first-order valence-corrected chi connectivity index (χ1v) is 8.13. The number of amides is 1. The third-order valence-electron chi connectivity index (χ3n) is 4.41. The van der Waals surface area contributed by atoms with Crippen molar-refractivity contribution in [3.8, 4) is 5.75 Å². The number of carbonyl (C=O) groups excluding carboxylic acids is 1. The van der Waals surface area contributed by atoms with Crippen LogP contribution in [0, 0.1) is 0 Å². The fourth-order valence-electron chi connectivity index (χ4n) is 3.12. The summed E-state index contributed by atoms with van der Waals surface area (Å²) in [5.74, 6) is -4.17. The smallest absolute Gasteiger partial charge is 0.349 e. The number of carbonyl (C=O) groups is 1. The molecule has 0 bridgehead atoms. The molecule has 0 aromatic heterocycles. The highest BCUT2D eigenvalue weighted by Gasteiger charge is 2.46. The number of para-hydroxylation sites is 1. The van der Waals surface area contributed by atoms with E-state index in [-0.39, 0.29) is 24.5 Å². The van der Waals surface area contributed by atoms with Crippen molar-refractivity contribution in [3.05, 3.63) is 65.7 Å². The number of halogens is 3.